The molecule has 8 heteroatoms. The molecule has 4 rings (SSSR count). The first-order valence-electron chi connectivity index (χ1n) is 8.58. The fraction of sp³-hybridized carbons (Fsp3) is 0.316. The maximum atomic E-state index is 13.1. The van der Waals surface area contributed by atoms with E-state index in [-0.39, 0.29) is 11.3 Å². The fourth-order valence-electron chi connectivity index (χ4n) is 3.26. The van der Waals surface area contributed by atoms with E-state index in [0.29, 0.717) is 23.2 Å². The number of thiophene rings is 1. The molecule has 0 aromatic carbocycles. The first-order chi connectivity index (χ1) is 13.1. The third kappa shape index (κ3) is 3.23. The van der Waals surface area contributed by atoms with E-state index >= 15 is 0 Å². The minimum absolute atomic E-state index is 0.00325. The summed E-state index contributed by atoms with van der Waals surface area (Å²) in [5.41, 5.74) is 1.17. The lowest BCUT2D eigenvalue weighted by molar-refractivity contribution is 0.0563. The Kier molecular flexibility index (Phi) is 4.92. The van der Waals surface area contributed by atoms with Crippen molar-refractivity contribution in [1.82, 2.24) is 9.55 Å². The van der Waals surface area contributed by atoms with Gasteiger partial charge in [0.05, 0.1) is 18.2 Å². The Morgan fingerprint density at radius 3 is 3.11 bits per heavy atom. The van der Waals surface area contributed by atoms with Gasteiger partial charge in [-0.25, -0.2) is 9.78 Å². The first kappa shape index (κ1) is 18.1. The van der Waals surface area contributed by atoms with E-state index in [0.717, 1.165) is 29.5 Å². The van der Waals surface area contributed by atoms with Crippen molar-refractivity contribution in [2.24, 2.45) is 0 Å². The van der Waals surface area contributed by atoms with Crippen LogP contribution in [0.1, 0.15) is 33.2 Å². The second-order valence-corrected chi connectivity index (χ2v) is 8.21. The van der Waals surface area contributed by atoms with E-state index < -0.39 is 5.97 Å². The van der Waals surface area contributed by atoms with Crippen molar-refractivity contribution in [3.05, 3.63) is 57.1 Å². The number of nitrogens with zero attached hydrogens (tertiary/aromatic N) is 2. The molecule has 0 amide bonds. The number of hydrogen-bond donors (Lipinski definition) is 0. The van der Waals surface area contributed by atoms with Gasteiger partial charge in [-0.05, 0) is 37.0 Å². The quantitative estimate of drug-likeness (QED) is 0.270. The molecule has 0 bridgehead atoms. The normalized spacial score (nSPS) is 13.1. The number of carbonyl (C=O) groups excluding carboxylic acids is 1. The lowest BCUT2D eigenvalue weighted by Crippen LogP contribution is -2.22. The Morgan fingerprint density at radius 2 is 2.33 bits per heavy atom. The fourth-order valence-corrected chi connectivity index (χ4v) is 5.47. The molecule has 0 saturated carbocycles. The smallest absolute Gasteiger partial charge is 0.373 e. The number of furan rings is 1. The molecule has 6 nitrogen and oxygen atoms in total. The van der Waals surface area contributed by atoms with Gasteiger partial charge in [0, 0.05) is 11.4 Å². The Labute approximate surface area is 163 Å². The van der Waals surface area contributed by atoms with Gasteiger partial charge in [0.2, 0.25) is 5.76 Å². The van der Waals surface area contributed by atoms with E-state index in [1.54, 1.807) is 34.1 Å². The van der Waals surface area contributed by atoms with E-state index in [2.05, 4.69) is 11.3 Å². The number of methoxy groups -OCH3 is 1. The molecule has 0 unspecified atom stereocenters. The molecule has 0 saturated heterocycles. The van der Waals surface area contributed by atoms with Gasteiger partial charge in [0.1, 0.15) is 10.6 Å². The summed E-state index contributed by atoms with van der Waals surface area (Å²) in [5.74, 6) is 0.725. The van der Waals surface area contributed by atoms with Gasteiger partial charge in [0.15, 0.2) is 5.16 Å². The van der Waals surface area contributed by atoms with Crippen molar-refractivity contribution >= 4 is 39.3 Å². The molecule has 0 spiro atoms. The Hall–Kier alpha value is -2.32. The van der Waals surface area contributed by atoms with E-state index in [1.807, 2.05) is 0 Å². The number of aryl methyl sites for hydroxylation is 2. The lowest BCUT2D eigenvalue weighted by Gasteiger charge is -2.10. The van der Waals surface area contributed by atoms with Gasteiger partial charge < -0.3 is 9.15 Å². The van der Waals surface area contributed by atoms with Crippen molar-refractivity contribution in [2.45, 2.75) is 36.7 Å². The second kappa shape index (κ2) is 7.36. The van der Waals surface area contributed by atoms with Crippen LogP contribution in [0.5, 0.6) is 0 Å². The van der Waals surface area contributed by atoms with Crippen LogP contribution in [0.3, 0.4) is 0 Å². The zero-order valence-electron chi connectivity index (χ0n) is 14.8. The molecule has 3 heterocycles. The summed E-state index contributed by atoms with van der Waals surface area (Å²) in [6.45, 7) is 4.17. The monoisotopic (exact) mass is 402 g/mol. The molecule has 0 aliphatic heterocycles. The van der Waals surface area contributed by atoms with Gasteiger partial charge in [-0.3, -0.25) is 9.36 Å². The first-order valence-corrected chi connectivity index (χ1v) is 10.4. The average molecular weight is 402 g/mol. The van der Waals surface area contributed by atoms with Gasteiger partial charge in [-0.1, -0.05) is 17.8 Å². The van der Waals surface area contributed by atoms with Crippen molar-refractivity contribution in [2.75, 3.05) is 7.11 Å². The Balaban J connectivity index is 1.67. The van der Waals surface area contributed by atoms with E-state index in [1.165, 1.54) is 29.3 Å². The van der Waals surface area contributed by atoms with Crippen molar-refractivity contribution in [3.8, 4) is 0 Å². The van der Waals surface area contributed by atoms with Crippen molar-refractivity contribution in [3.63, 3.8) is 0 Å². The maximum absolute atomic E-state index is 13.1. The van der Waals surface area contributed by atoms with Crippen LogP contribution in [0.2, 0.25) is 0 Å². The average Bonchev–Trinajstić information content (AvgIpc) is 3.37. The molecule has 27 heavy (non-hydrogen) atoms. The van der Waals surface area contributed by atoms with Crippen molar-refractivity contribution < 1.29 is 13.9 Å². The number of aromatic nitrogens is 2. The molecule has 140 valence electrons. The predicted octanol–water partition coefficient (Wildman–Crippen LogP) is 3.80. The molecular formula is C19H18N2O4S2. The minimum atomic E-state index is -0.512. The highest BCUT2D eigenvalue weighted by atomic mass is 32.2. The summed E-state index contributed by atoms with van der Waals surface area (Å²) in [5, 5.41) is 1.40. The zero-order valence-corrected chi connectivity index (χ0v) is 16.5. The molecule has 1 aliphatic carbocycles. The summed E-state index contributed by atoms with van der Waals surface area (Å²) < 4.78 is 11.8. The highest BCUT2D eigenvalue weighted by Gasteiger charge is 2.23. The van der Waals surface area contributed by atoms with Crippen LogP contribution in [0, 0.1) is 0 Å². The van der Waals surface area contributed by atoms with Gasteiger partial charge in [-0.2, -0.15) is 0 Å². The van der Waals surface area contributed by atoms with Crippen LogP contribution in [-0.2, 0) is 29.9 Å². The molecule has 3 aromatic rings. The molecule has 0 N–H and O–H groups in total. The van der Waals surface area contributed by atoms with E-state index in [9.17, 15) is 9.59 Å². The number of esters is 1. The maximum Gasteiger partial charge on any atom is 0.373 e. The largest absolute Gasteiger partial charge is 0.463 e. The molecule has 0 radical (unpaired) electrons. The van der Waals surface area contributed by atoms with E-state index in [4.69, 9.17) is 9.40 Å². The van der Waals surface area contributed by atoms with Crippen LogP contribution in [0.4, 0.5) is 0 Å². The van der Waals surface area contributed by atoms with Crippen LogP contribution < -0.4 is 5.56 Å². The number of thioether (sulfide) groups is 1. The number of rotatable bonds is 6. The number of hydrogen-bond acceptors (Lipinski definition) is 7. The number of carbonyl (C=O) groups is 1. The highest BCUT2D eigenvalue weighted by molar-refractivity contribution is 7.98. The predicted molar refractivity (Wildman–Crippen MR) is 106 cm³/mol. The number of allylic oxidation sites excluding steroid dienone is 1. The van der Waals surface area contributed by atoms with Crippen molar-refractivity contribution in [1.29, 1.82) is 0 Å². The zero-order chi connectivity index (χ0) is 19.0. The second-order valence-electron chi connectivity index (χ2n) is 6.18. The number of fused-ring (bicyclic) bond motifs is 3. The summed E-state index contributed by atoms with van der Waals surface area (Å²) in [6.07, 6.45) is 4.79. The molecule has 1 aliphatic rings. The summed E-state index contributed by atoms with van der Waals surface area (Å²) >= 11 is 3.03. The van der Waals surface area contributed by atoms with Crippen LogP contribution in [-0.4, -0.2) is 22.6 Å². The van der Waals surface area contributed by atoms with Crippen LogP contribution in [0.15, 0.2) is 39.2 Å². The molecule has 0 fully saturated rings. The summed E-state index contributed by atoms with van der Waals surface area (Å²) in [6, 6.07) is 3.31. The topological polar surface area (TPSA) is 74.3 Å². The third-order valence-corrected chi connectivity index (χ3v) is 6.68. The standard InChI is InChI=1S/C19H18N2O4S2/c1-3-9-21-17(22)15-12-5-4-6-14(12)27-16(15)20-19(21)26-10-11-7-8-13(25-11)18(23)24-2/h3,7-8H,1,4-6,9-10H2,2H3. The minimum Gasteiger partial charge on any atom is -0.463 e. The molecular weight excluding hydrogens is 384 g/mol. The van der Waals surface area contributed by atoms with Gasteiger partial charge in [-0.15, -0.1) is 17.9 Å². The summed E-state index contributed by atoms with van der Waals surface area (Å²) in [7, 11) is 1.31. The van der Waals surface area contributed by atoms with Gasteiger partial charge in [0.25, 0.3) is 5.56 Å². The Morgan fingerprint density at radius 1 is 1.48 bits per heavy atom. The van der Waals surface area contributed by atoms with Crippen LogP contribution in [0.25, 0.3) is 10.2 Å². The number of ether oxygens (including phenoxy) is 1. The Bertz CT molecular complexity index is 1090. The third-order valence-electron chi connectivity index (χ3n) is 4.49. The SMILES string of the molecule is C=CCn1c(SCc2ccc(C(=O)OC)o2)nc2sc3c(c2c1=O)CCC3. The van der Waals surface area contributed by atoms with Crippen LogP contribution >= 0.6 is 23.1 Å². The lowest BCUT2D eigenvalue weighted by atomic mass is 10.2. The molecule has 3 aromatic heterocycles. The highest BCUT2D eigenvalue weighted by Crippen LogP contribution is 2.36. The summed E-state index contributed by atoms with van der Waals surface area (Å²) in [4.78, 5) is 31.4. The van der Waals surface area contributed by atoms with Gasteiger partial charge >= 0.3 is 5.97 Å². The molecule has 0 atom stereocenters.